The molecule has 3 unspecified atom stereocenters. The molecule has 0 radical (unpaired) electrons. The maximum absolute atomic E-state index is 10.6. The Bertz CT molecular complexity index is 434. The van der Waals surface area contributed by atoms with Crippen molar-refractivity contribution in [1.82, 2.24) is 5.32 Å². The van der Waals surface area contributed by atoms with Crippen LogP contribution in [-0.4, -0.2) is 57.4 Å². The van der Waals surface area contributed by atoms with Crippen LogP contribution in [0.5, 0.6) is 0 Å². The first-order valence-electron chi connectivity index (χ1n) is 7.81. The molecule has 7 nitrogen and oxygen atoms in total. The van der Waals surface area contributed by atoms with E-state index in [0.29, 0.717) is 5.75 Å². The molecule has 0 spiro atoms. The van der Waals surface area contributed by atoms with Crippen molar-refractivity contribution in [3.05, 3.63) is 0 Å². The zero-order valence-electron chi connectivity index (χ0n) is 15.8. The molecule has 0 aromatic rings. The van der Waals surface area contributed by atoms with E-state index in [1.165, 1.54) is 0 Å². The van der Waals surface area contributed by atoms with Gasteiger partial charge >= 0.3 is 11.9 Å². The molecule has 156 valence electrons. The normalized spacial score (nSPS) is 20.3. The van der Waals surface area contributed by atoms with E-state index in [1.54, 1.807) is 11.8 Å². The van der Waals surface area contributed by atoms with Crippen LogP contribution in [0.15, 0.2) is 0 Å². The number of rotatable bonds is 3. The fourth-order valence-corrected chi connectivity index (χ4v) is 2.73. The van der Waals surface area contributed by atoms with Crippen LogP contribution in [0.3, 0.4) is 0 Å². The minimum absolute atomic E-state index is 0. The molecule has 1 saturated heterocycles. The lowest BCUT2D eigenvalue weighted by molar-refractivity contribution is -0.139. The van der Waals surface area contributed by atoms with Crippen LogP contribution < -0.4 is 11.1 Å². The highest BCUT2D eigenvalue weighted by Crippen LogP contribution is 2.33. The number of aliphatic carboxylic acids is 2. The zero-order chi connectivity index (χ0) is 20.4. The Hall–Kier alpha value is -0.770. The first-order chi connectivity index (χ1) is 11.2. The van der Waals surface area contributed by atoms with Gasteiger partial charge < -0.3 is 20.7 Å². The second-order valence-corrected chi connectivity index (χ2v) is 9.25. The molecule has 0 bridgehead atoms. The molecule has 3 atom stereocenters. The van der Waals surface area contributed by atoms with E-state index in [0.717, 1.165) is 6.29 Å². The van der Waals surface area contributed by atoms with Crippen LogP contribution >= 0.6 is 24.4 Å². The Morgan fingerprint density at radius 2 is 1.69 bits per heavy atom. The molecule has 26 heavy (non-hydrogen) atoms. The number of thiol groups is 1. The Kier molecular flexibility index (Phi) is 15.5. The van der Waals surface area contributed by atoms with Gasteiger partial charge in [-0.25, -0.2) is 0 Å². The van der Waals surface area contributed by atoms with Gasteiger partial charge in [0.05, 0.1) is 5.37 Å². The fraction of sp³-hybridized carbons (Fsp3) is 0.824. The van der Waals surface area contributed by atoms with Gasteiger partial charge in [0.2, 0.25) is 0 Å². The Morgan fingerprint density at radius 1 is 1.27 bits per heavy atom. The first-order valence-corrected chi connectivity index (χ1v) is 9.49. The van der Waals surface area contributed by atoms with Gasteiger partial charge in [0, 0.05) is 16.9 Å². The second kappa shape index (κ2) is 13.4. The standard InChI is InChI=1S/C8H15NO2S.C5H10O.C3H7NO2S.CH4/c1-8(2,3)7-9-5(4-12-7)6(10)11;1-5(2,3)4-6;4-2(1-7)3(5)6;/h5,7,9H,4H2,1-3H3,(H,10,11);4H,1-3H3;2,7H,1,4H2,(H,5,6);1H4. The lowest BCUT2D eigenvalue weighted by atomic mass is 9.96. The van der Waals surface area contributed by atoms with Gasteiger partial charge in [-0.1, -0.05) is 49.0 Å². The van der Waals surface area contributed by atoms with Gasteiger partial charge in [-0.2, -0.15) is 12.6 Å². The minimum atomic E-state index is -1.00. The highest BCUT2D eigenvalue weighted by Gasteiger charge is 2.35. The van der Waals surface area contributed by atoms with Crippen molar-refractivity contribution in [2.24, 2.45) is 16.6 Å². The van der Waals surface area contributed by atoms with Gasteiger partial charge in [0.25, 0.3) is 0 Å². The molecule has 1 fully saturated rings. The third kappa shape index (κ3) is 15.5. The molecule has 1 aliphatic heterocycles. The molecular weight excluding hydrogens is 376 g/mol. The average Bonchev–Trinajstić information content (AvgIpc) is 2.97. The fourth-order valence-electron chi connectivity index (χ4n) is 1.19. The van der Waals surface area contributed by atoms with E-state index >= 15 is 0 Å². The summed E-state index contributed by atoms with van der Waals surface area (Å²) in [5.41, 5.74) is 4.93. The van der Waals surface area contributed by atoms with E-state index < -0.39 is 18.0 Å². The van der Waals surface area contributed by atoms with E-state index in [4.69, 9.17) is 15.9 Å². The molecular formula is C17H36N2O5S2. The summed E-state index contributed by atoms with van der Waals surface area (Å²) in [5, 5.41) is 20.1. The number of thioether (sulfide) groups is 1. The lowest BCUT2D eigenvalue weighted by Gasteiger charge is -2.26. The molecule has 1 rings (SSSR count). The largest absolute Gasteiger partial charge is 0.480 e. The van der Waals surface area contributed by atoms with E-state index in [1.807, 2.05) is 20.8 Å². The van der Waals surface area contributed by atoms with E-state index in [9.17, 15) is 14.4 Å². The summed E-state index contributed by atoms with van der Waals surface area (Å²) in [6, 6.07) is -1.18. The molecule has 0 aromatic heterocycles. The second-order valence-electron chi connectivity index (χ2n) is 7.75. The summed E-state index contributed by atoms with van der Waals surface area (Å²) in [5.74, 6) is -0.878. The molecule has 0 amide bonds. The number of carboxylic acid groups (broad SMARTS) is 2. The average molecular weight is 413 g/mol. The van der Waals surface area contributed by atoms with Crippen molar-refractivity contribution in [1.29, 1.82) is 0 Å². The Labute approximate surface area is 167 Å². The Balaban J connectivity index is -0.000000327. The quantitative estimate of drug-likeness (QED) is 0.353. The number of carbonyl (C=O) groups excluding carboxylic acids is 1. The molecule has 9 heteroatoms. The predicted octanol–water partition coefficient (Wildman–Crippen LogP) is 2.34. The van der Waals surface area contributed by atoms with Crippen LogP contribution in [0.25, 0.3) is 0 Å². The van der Waals surface area contributed by atoms with Crippen molar-refractivity contribution in [3.63, 3.8) is 0 Å². The van der Waals surface area contributed by atoms with Crippen LogP contribution in [-0.2, 0) is 14.4 Å². The predicted molar refractivity (Wildman–Crippen MR) is 112 cm³/mol. The van der Waals surface area contributed by atoms with Gasteiger partial charge in [0.1, 0.15) is 18.4 Å². The van der Waals surface area contributed by atoms with Gasteiger partial charge in [-0.15, -0.1) is 11.8 Å². The van der Waals surface area contributed by atoms with Crippen LogP contribution in [0.2, 0.25) is 0 Å². The molecule has 0 aliphatic carbocycles. The SMILES string of the molecule is C.CC(C)(C)C1NC(C(=O)O)CS1.CC(C)(C)C=O.NC(CS)C(=O)O. The number of nitrogens with two attached hydrogens (primary N) is 1. The van der Waals surface area contributed by atoms with Crippen LogP contribution in [0.4, 0.5) is 0 Å². The molecule has 1 heterocycles. The lowest BCUT2D eigenvalue weighted by Crippen LogP contribution is -2.41. The molecule has 0 saturated carbocycles. The number of hydrogen-bond donors (Lipinski definition) is 5. The highest BCUT2D eigenvalue weighted by atomic mass is 32.2. The molecule has 5 N–H and O–H groups in total. The van der Waals surface area contributed by atoms with Gasteiger partial charge in [0.15, 0.2) is 0 Å². The number of carbonyl (C=O) groups is 3. The van der Waals surface area contributed by atoms with Gasteiger partial charge in [-0.3, -0.25) is 14.9 Å². The molecule has 1 aliphatic rings. The van der Waals surface area contributed by atoms with Gasteiger partial charge in [-0.05, 0) is 5.41 Å². The maximum atomic E-state index is 10.6. The van der Waals surface area contributed by atoms with Crippen LogP contribution in [0, 0.1) is 10.8 Å². The Morgan fingerprint density at radius 3 is 1.81 bits per heavy atom. The van der Waals surface area contributed by atoms with Crippen molar-refractivity contribution < 1.29 is 24.6 Å². The summed E-state index contributed by atoms with van der Waals surface area (Å²) >= 11 is 5.34. The summed E-state index contributed by atoms with van der Waals surface area (Å²) in [4.78, 5) is 30.2. The summed E-state index contributed by atoms with van der Waals surface area (Å²) < 4.78 is 0. The monoisotopic (exact) mass is 412 g/mol. The van der Waals surface area contributed by atoms with Crippen molar-refractivity contribution in [2.75, 3.05) is 11.5 Å². The third-order valence-electron chi connectivity index (χ3n) is 2.73. The smallest absolute Gasteiger partial charge is 0.321 e. The maximum Gasteiger partial charge on any atom is 0.321 e. The van der Waals surface area contributed by atoms with E-state index in [2.05, 4.69) is 38.7 Å². The zero-order valence-corrected chi connectivity index (χ0v) is 17.5. The first kappa shape index (κ1) is 30.0. The van der Waals surface area contributed by atoms with Crippen molar-refractivity contribution >= 4 is 42.6 Å². The van der Waals surface area contributed by atoms with Crippen molar-refractivity contribution in [2.45, 2.75) is 66.4 Å². The highest BCUT2D eigenvalue weighted by molar-refractivity contribution is 8.00. The topological polar surface area (TPSA) is 130 Å². The number of hydrogen-bond acceptors (Lipinski definition) is 7. The number of carboxylic acids is 2. The minimum Gasteiger partial charge on any atom is -0.480 e. The number of nitrogens with one attached hydrogen (secondary N) is 1. The van der Waals surface area contributed by atoms with E-state index in [-0.39, 0.29) is 35.4 Å². The summed E-state index contributed by atoms with van der Waals surface area (Å²) in [6.07, 6.45) is 0.938. The molecule has 0 aromatic carbocycles. The van der Waals surface area contributed by atoms with Crippen LogP contribution in [0.1, 0.15) is 49.0 Å². The summed E-state index contributed by atoms with van der Waals surface area (Å²) in [6.45, 7) is 12.0. The summed E-state index contributed by atoms with van der Waals surface area (Å²) in [7, 11) is 0. The number of aldehydes is 1. The van der Waals surface area contributed by atoms with Crippen molar-refractivity contribution in [3.8, 4) is 0 Å². The third-order valence-corrected chi connectivity index (χ3v) is 4.83.